The van der Waals surface area contributed by atoms with Crippen molar-refractivity contribution in [3.05, 3.63) is 18.6 Å². The van der Waals surface area contributed by atoms with Crippen LogP contribution in [-0.2, 0) is 4.79 Å². The number of H-pyrrole nitrogens is 1. The highest BCUT2D eigenvalue weighted by molar-refractivity contribution is 6.03. The number of hydrogen-bond acceptors (Lipinski definition) is 4. The predicted molar refractivity (Wildman–Crippen MR) is 60.8 cm³/mol. The number of nitrogens with one attached hydrogen (secondary N) is 3. The molecular formula is C10H13N5O. The summed E-state index contributed by atoms with van der Waals surface area (Å²) in [6.07, 6.45) is 1.54. The van der Waals surface area contributed by atoms with E-state index in [1.807, 2.05) is 13.8 Å². The van der Waals surface area contributed by atoms with Crippen LogP contribution < -0.4 is 10.6 Å². The fourth-order valence-corrected chi connectivity index (χ4v) is 1.25. The molecule has 0 unspecified atom stereocenters. The van der Waals surface area contributed by atoms with Crippen LogP contribution in [0.3, 0.4) is 0 Å². The summed E-state index contributed by atoms with van der Waals surface area (Å²) in [7, 11) is 0. The standard InChI is InChI=1S/C10H13N5O/c1-5(2)9(16)15-10-13-6(3)7-8(14-10)12-4-11-7/h4-5H,3H2,1-2H3,(H,11,12)(H2,13,14,15,16). The maximum absolute atomic E-state index is 11.5. The van der Waals surface area contributed by atoms with Crippen LogP contribution in [0.5, 0.6) is 0 Å². The highest BCUT2D eigenvalue weighted by atomic mass is 16.2. The molecule has 1 amide bonds. The first-order valence-electron chi connectivity index (χ1n) is 4.97. The molecule has 0 saturated heterocycles. The van der Waals surface area contributed by atoms with E-state index < -0.39 is 0 Å². The lowest BCUT2D eigenvalue weighted by molar-refractivity contribution is -0.122. The Morgan fingerprint density at radius 3 is 3.00 bits per heavy atom. The van der Waals surface area contributed by atoms with Crippen LogP contribution in [0.15, 0.2) is 17.9 Å². The molecule has 1 aliphatic heterocycles. The first-order valence-corrected chi connectivity index (χ1v) is 4.97. The average molecular weight is 219 g/mol. The van der Waals surface area contributed by atoms with Crippen LogP contribution >= 0.6 is 0 Å². The van der Waals surface area contributed by atoms with E-state index in [0.29, 0.717) is 17.5 Å². The number of nitrogens with zero attached hydrogens (tertiary/aromatic N) is 2. The number of carbonyl (C=O) groups excluding carboxylic acids is 1. The lowest BCUT2D eigenvalue weighted by Gasteiger charge is -2.17. The molecule has 84 valence electrons. The molecule has 2 rings (SSSR count). The minimum atomic E-state index is -0.0990. The van der Waals surface area contributed by atoms with Gasteiger partial charge < -0.3 is 10.3 Å². The number of aromatic nitrogens is 2. The summed E-state index contributed by atoms with van der Waals surface area (Å²) in [5.41, 5.74) is 1.38. The van der Waals surface area contributed by atoms with E-state index in [2.05, 4.69) is 32.2 Å². The maximum Gasteiger partial charge on any atom is 0.229 e. The van der Waals surface area contributed by atoms with Crippen LogP contribution in [0.4, 0.5) is 5.82 Å². The normalized spacial score (nSPS) is 14.2. The highest BCUT2D eigenvalue weighted by Gasteiger charge is 2.19. The number of aliphatic imine (C=N–C) groups is 1. The highest BCUT2D eigenvalue weighted by Crippen LogP contribution is 2.22. The molecule has 0 radical (unpaired) electrons. The van der Waals surface area contributed by atoms with Gasteiger partial charge in [0, 0.05) is 5.92 Å². The molecule has 1 aliphatic rings. The van der Waals surface area contributed by atoms with Crippen molar-refractivity contribution in [3.63, 3.8) is 0 Å². The summed E-state index contributed by atoms with van der Waals surface area (Å²) in [4.78, 5) is 22.6. The number of carbonyl (C=O) groups is 1. The van der Waals surface area contributed by atoms with Gasteiger partial charge in [0.25, 0.3) is 0 Å². The van der Waals surface area contributed by atoms with Crippen molar-refractivity contribution < 1.29 is 4.79 Å². The molecule has 0 aliphatic carbocycles. The van der Waals surface area contributed by atoms with Crippen LogP contribution in [0, 0.1) is 5.92 Å². The van der Waals surface area contributed by atoms with Gasteiger partial charge in [0.1, 0.15) is 5.69 Å². The summed E-state index contributed by atoms with van der Waals surface area (Å²) >= 11 is 0. The van der Waals surface area contributed by atoms with Crippen molar-refractivity contribution in [2.45, 2.75) is 13.8 Å². The Balaban J connectivity index is 2.20. The van der Waals surface area contributed by atoms with Gasteiger partial charge in [0.15, 0.2) is 5.82 Å². The molecule has 0 atom stereocenters. The van der Waals surface area contributed by atoms with E-state index in [4.69, 9.17) is 0 Å². The number of guanidine groups is 1. The molecule has 2 heterocycles. The minimum absolute atomic E-state index is 0.0988. The quantitative estimate of drug-likeness (QED) is 0.651. The topological polar surface area (TPSA) is 82.2 Å². The fraction of sp³-hybridized carbons (Fsp3) is 0.300. The largest absolute Gasteiger partial charge is 0.342 e. The van der Waals surface area contributed by atoms with Gasteiger partial charge in [-0.25, -0.2) is 4.98 Å². The van der Waals surface area contributed by atoms with Gasteiger partial charge in [-0.05, 0) is 0 Å². The molecule has 0 fully saturated rings. The number of rotatable bonds is 1. The molecule has 1 aromatic rings. The Morgan fingerprint density at radius 2 is 2.31 bits per heavy atom. The predicted octanol–water partition coefficient (Wildman–Crippen LogP) is 0.743. The summed E-state index contributed by atoms with van der Waals surface area (Å²) in [5, 5.41) is 5.56. The molecule has 1 aromatic heterocycles. The second kappa shape index (κ2) is 3.80. The SMILES string of the molecule is C=C1NC(NC(=O)C(C)C)=Nc2nc[nH]c21. The molecule has 0 bridgehead atoms. The van der Waals surface area contributed by atoms with E-state index in [-0.39, 0.29) is 11.8 Å². The lowest BCUT2D eigenvalue weighted by Crippen LogP contribution is -2.42. The van der Waals surface area contributed by atoms with Gasteiger partial charge in [0.05, 0.1) is 12.0 Å². The van der Waals surface area contributed by atoms with Gasteiger partial charge in [-0.3, -0.25) is 10.1 Å². The van der Waals surface area contributed by atoms with Crippen LogP contribution in [0.25, 0.3) is 5.70 Å². The number of hydrogen-bond donors (Lipinski definition) is 3. The van der Waals surface area contributed by atoms with Crippen molar-refractivity contribution in [1.29, 1.82) is 0 Å². The zero-order valence-electron chi connectivity index (χ0n) is 9.16. The van der Waals surface area contributed by atoms with E-state index in [0.717, 1.165) is 5.69 Å². The van der Waals surface area contributed by atoms with E-state index in [1.54, 1.807) is 0 Å². The minimum Gasteiger partial charge on any atom is -0.342 e. The van der Waals surface area contributed by atoms with Crippen LogP contribution in [0.2, 0.25) is 0 Å². The fourth-order valence-electron chi connectivity index (χ4n) is 1.25. The van der Waals surface area contributed by atoms with Crippen molar-refractivity contribution in [2.75, 3.05) is 0 Å². The van der Waals surface area contributed by atoms with Gasteiger partial charge in [0.2, 0.25) is 11.9 Å². The van der Waals surface area contributed by atoms with Crippen molar-refractivity contribution >= 4 is 23.4 Å². The van der Waals surface area contributed by atoms with E-state index in [1.165, 1.54) is 6.33 Å². The van der Waals surface area contributed by atoms with Crippen molar-refractivity contribution in [3.8, 4) is 0 Å². The third-order valence-corrected chi connectivity index (χ3v) is 2.17. The van der Waals surface area contributed by atoms with Crippen LogP contribution in [-0.4, -0.2) is 21.8 Å². The average Bonchev–Trinajstić information content (AvgIpc) is 2.65. The Hall–Kier alpha value is -2.11. The smallest absolute Gasteiger partial charge is 0.229 e. The second-order valence-electron chi connectivity index (χ2n) is 3.81. The van der Waals surface area contributed by atoms with Gasteiger partial charge in [-0.2, -0.15) is 4.99 Å². The number of amides is 1. The molecule has 16 heavy (non-hydrogen) atoms. The van der Waals surface area contributed by atoms with Crippen molar-refractivity contribution in [2.24, 2.45) is 10.9 Å². The van der Waals surface area contributed by atoms with Gasteiger partial charge in [-0.15, -0.1) is 0 Å². The van der Waals surface area contributed by atoms with E-state index in [9.17, 15) is 4.79 Å². The Bertz CT molecular complexity index is 471. The summed E-state index contributed by atoms with van der Waals surface area (Å²) in [5.74, 6) is 0.697. The lowest BCUT2D eigenvalue weighted by atomic mass is 10.2. The molecule has 3 N–H and O–H groups in total. The number of imidazole rings is 1. The Kier molecular flexibility index (Phi) is 2.47. The number of aromatic amines is 1. The second-order valence-corrected chi connectivity index (χ2v) is 3.81. The summed E-state index contributed by atoms with van der Waals surface area (Å²) < 4.78 is 0. The molecule has 6 nitrogen and oxygen atoms in total. The summed E-state index contributed by atoms with van der Waals surface area (Å²) in [6.45, 7) is 7.44. The molecular weight excluding hydrogens is 206 g/mol. The first kappa shape index (κ1) is 10.4. The Labute approximate surface area is 92.9 Å². The third-order valence-electron chi connectivity index (χ3n) is 2.17. The molecule has 0 aromatic carbocycles. The van der Waals surface area contributed by atoms with E-state index >= 15 is 0 Å². The van der Waals surface area contributed by atoms with Gasteiger partial charge in [-0.1, -0.05) is 20.4 Å². The monoisotopic (exact) mass is 219 g/mol. The van der Waals surface area contributed by atoms with Crippen LogP contribution in [0.1, 0.15) is 19.5 Å². The van der Waals surface area contributed by atoms with Gasteiger partial charge >= 0.3 is 0 Å². The third kappa shape index (κ3) is 1.81. The summed E-state index contributed by atoms with van der Waals surface area (Å²) in [6, 6.07) is 0. The zero-order valence-corrected chi connectivity index (χ0v) is 9.16. The molecule has 0 saturated carbocycles. The molecule has 0 spiro atoms. The van der Waals surface area contributed by atoms with Crippen molar-refractivity contribution in [1.82, 2.24) is 20.6 Å². The maximum atomic E-state index is 11.5. The first-order chi connectivity index (χ1) is 7.58. The zero-order chi connectivity index (χ0) is 11.7. The number of fused-ring (bicyclic) bond motifs is 1. The molecule has 6 heteroatoms. The Morgan fingerprint density at radius 1 is 1.56 bits per heavy atom.